The Morgan fingerprint density at radius 2 is 2.17 bits per heavy atom. The van der Waals surface area contributed by atoms with Crippen molar-refractivity contribution in [2.75, 3.05) is 23.0 Å². The summed E-state index contributed by atoms with van der Waals surface area (Å²) in [5.41, 5.74) is 3.06. The Bertz CT molecular complexity index is 1010. The van der Waals surface area contributed by atoms with Crippen LogP contribution in [0.25, 0.3) is 0 Å². The molecule has 0 aliphatic rings. The van der Waals surface area contributed by atoms with Gasteiger partial charge in [-0.1, -0.05) is 12.1 Å². The molecule has 3 rings (SSSR count). The van der Waals surface area contributed by atoms with Crippen molar-refractivity contribution in [1.82, 2.24) is 19.7 Å². The van der Waals surface area contributed by atoms with E-state index in [2.05, 4.69) is 31.0 Å². The van der Waals surface area contributed by atoms with E-state index in [9.17, 15) is 4.79 Å². The number of carbonyl (C=O) groups excluding carboxylic acids is 1. The van der Waals surface area contributed by atoms with Gasteiger partial charge in [-0.25, -0.2) is 9.97 Å². The first kappa shape index (κ1) is 20.0. The summed E-state index contributed by atoms with van der Waals surface area (Å²) in [5, 5.41) is 20.6. The monoisotopic (exact) mass is 392 g/mol. The van der Waals surface area contributed by atoms with Crippen LogP contribution in [0.15, 0.2) is 42.9 Å². The van der Waals surface area contributed by atoms with Crippen molar-refractivity contribution in [1.29, 1.82) is 5.41 Å². The summed E-state index contributed by atoms with van der Waals surface area (Å²) in [7, 11) is 3.56. The zero-order valence-corrected chi connectivity index (χ0v) is 16.6. The van der Waals surface area contributed by atoms with Crippen LogP contribution in [0.4, 0.5) is 17.3 Å². The van der Waals surface area contributed by atoms with Gasteiger partial charge in [0.05, 0.1) is 24.9 Å². The molecule has 0 radical (unpaired) electrons. The number of anilines is 3. The Labute approximate surface area is 169 Å². The smallest absolute Gasteiger partial charge is 0.228 e. The third-order valence-electron chi connectivity index (χ3n) is 4.33. The van der Waals surface area contributed by atoms with Crippen molar-refractivity contribution in [2.24, 2.45) is 7.05 Å². The Morgan fingerprint density at radius 3 is 2.86 bits per heavy atom. The van der Waals surface area contributed by atoms with Crippen LogP contribution in [0.2, 0.25) is 0 Å². The van der Waals surface area contributed by atoms with Gasteiger partial charge >= 0.3 is 0 Å². The number of benzene rings is 1. The van der Waals surface area contributed by atoms with Gasteiger partial charge in [-0.3, -0.25) is 9.48 Å². The molecule has 150 valence electrons. The van der Waals surface area contributed by atoms with E-state index < -0.39 is 0 Å². The summed E-state index contributed by atoms with van der Waals surface area (Å²) < 4.78 is 1.67. The highest BCUT2D eigenvalue weighted by molar-refractivity contribution is 5.92. The van der Waals surface area contributed by atoms with Crippen LogP contribution in [0.3, 0.4) is 0 Å². The number of amides is 1. The minimum atomic E-state index is -0.0949. The lowest BCUT2D eigenvalue weighted by Crippen LogP contribution is -2.15. The number of nitrogens with zero attached hydrogens (tertiary/aromatic N) is 4. The van der Waals surface area contributed by atoms with E-state index in [4.69, 9.17) is 5.41 Å². The molecule has 3 aromatic rings. The highest BCUT2D eigenvalue weighted by Gasteiger charge is 2.11. The fraction of sp³-hybridized carbons (Fsp3) is 0.250. The van der Waals surface area contributed by atoms with E-state index in [1.165, 1.54) is 0 Å². The second kappa shape index (κ2) is 8.96. The number of aryl methyl sites for hydroxylation is 1. The van der Waals surface area contributed by atoms with Crippen LogP contribution in [-0.2, 0) is 18.3 Å². The predicted octanol–water partition coefficient (Wildman–Crippen LogP) is 2.60. The lowest BCUT2D eigenvalue weighted by atomic mass is 10.1. The van der Waals surface area contributed by atoms with Gasteiger partial charge in [0.2, 0.25) is 5.91 Å². The minimum Gasteiger partial charge on any atom is -0.371 e. The summed E-state index contributed by atoms with van der Waals surface area (Å²) in [4.78, 5) is 20.9. The van der Waals surface area contributed by atoms with E-state index in [1.54, 1.807) is 24.1 Å². The molecule has 0 aliphatic carbocycles. The van der Waals surface area contributed by atoms with Crippen LogP contribution in [0.5, 0.6) is 0 Å². The number of hydrogen-bond acceptors (Lipinski definition) is 7. The Morgan fingerprint density at radius 1 is 1.34 bits per heavy atom. The van der Waals surface area contributed by atoms with Crippen LogP contribution in [0.1, 0.15) is 29.8 Å². The molecule has 9 nitrogen and oxygen atoms in total. The molecule has 0 unspecified atom stereocenters. The fourth-order valence-electron chi connectivity index (χ4n) is 2.90. The molecule has 29 heavy (non-hydrogen) atoms. The number of carbonyl (C=O) groups is 1. The predicted molar refractivity (Wildman–Crippen MR) is 113 cm³/mol. The second-order valence-electron chi connectivity index (χ2n) is 6.62. The molecule has 0 spiro atoms. The van der Waals surface area contributed by atoms with Gasteiger partial charge in [0.1, 0.15) is 11.5 Å². The average molecular weight is 392 g/mol. The first-order valence-electron chi connectivity index (χ1n) is 9.17. The first-order valence-corrected chi connectivity index (χ1v) is 9.17. The molecule has 1 atom stereocenters. The fourth-order valence-corrected chi connectivity index (χ4v) is 2.90. The summed E-state index contributed by atoms with van der Waals surface area (Å²) in [6.07, 6.45) is 6.53. The maximum Gasteiger partial charge on any atom is 0.228 e. The third kappa shape index (κ3) is 5.16. The van der Waals surface area contributed by atoms with E-state index in [0.29, 0.717) is 17.3 Å². The molecule has 0 saturated heterocycles. The van der Waals surface area contributed by atoms with Crippen molar-refractivity contribution in [3.05, 3.63) is 59.7 Å². The summed E-state index contributed by atoms with van der Waals surface area (Å²) >= 11 is 0. The van der Waals surface area contributed by atoms with Gasteiger partial charge in [0.25, 0.3) is 0 Å². The molecular weight excluding hydrogens is 368 g/mol. The Hall–Kier alpha value is -3.75. The van der Waals surface area contributed by atoms with Crippen LogP contribution >= 0.6 is 0 Å². The Balaban J connectivity index is 1.66. The van der Waals surface area contributed by atoms with Crippen LogP contribution < -0.4 is 16.0 Å². The maximum atomic E-state index is 12.3. The van der Waals surface area contributed by atoms with E-state index in [1.807, 2.05) is 44.4 Å². The van der Waals surface area contributed by atoms with Crippen LogP contribution in [0, 0.1) is 5.41 Å². The van der Waals surface area contributed by atoms with Gasteiger partial charge in [0.15, 0.2) is 5.82 Å². The minimum absolute atomic E-state index is 0.0602. The van der Waals surface area contributed by atoms with Gasteiger partial charge in [0, 0.05) is 32.2 Å². The molecule has 9 heteroatoms. The normalized spacial score (nSPS) is 11.6. The van der Waals surface area contributed by atoms with Gasteiger partial charge in [-0.2, -0.15) is 5.10 Å². The molecule has 0 bridgehead atoms. The number of aromatic nitrogens is 4. The molecule has 0 fully saturated rings. The van der Waals surface area contributed by atoms with E-state index >= 15 is 0 Å². The molecule has 0 saturated carbocycles. The third-order valence-corrected chi connectivity index (χ3v) is 4.33. The maximum absolute atomic E-state index is 12.3. The van der Waals surface area contributed by atoms with Gasteiger partial charge < -0.3 is 21.4 Å². The summed E-state index contributed by atoms with van der Waals surface area (Å²) in [6.45, 7) is 2.00. The summed E-state index contributed by atoms with van der Waals surface area (Å²) in [6, 6.07) is 7.60. The van der Waals surface area contributed by atoms with Crippen LogP contribution in [-0.4, -0.2) is 38.9 Å². The average Bonchev–Trinajstić information content (AvgIpc) is 3.12. The van der Waals surface area contributed by atoms with Gasteiger partial charge in [-0.15, -0.1) is 0 Å². The topological polar surface area (TPSA) is 121 Å². The molecule has 1 amide bonds. The zero-order valence-electron chi connectivity index (χ0n) is 16.6. The lowest BCUT2D eigenvalue weighted by molar-refractivity contribution is -0.115. The van der Waals surface area contributed by atoms with Crippen molar-refractivity contribution in [2.45, 2.75) is 19.4 Å². The molecule has 2 heterocycles. The molecule has 2 aromatic heterocycles. The second-order valence-corrected chi connectivity index (χ2v) is 6.62. The van der Waals surface area contributed by atoms with Crippen molar-refractivity contribution in [3.63, 3.8) is 0 Å². The highest BCUT2D eigenvalue weighted by atomic mass is 16.1. The molecule has 4 N–H and O–H groups in total. The quantitative estimate of drug-likeness (QED) is 0.437. The first-order chi connectivity index (χ1) is 14.0. The lowest BCUT2D eigenvalue weighted by Gasteiger charge is -2.17. The number of hydrogen-bond donors (Lipinski definition) is 4. The largest absolute Gasteiger partial charge is 0.371 e. The standard InChI is InChI=1S/C20H24N8O/c1-13(25-18-11-23-17(9-21)20(22-2)27-18)15-5-4-6-16(8-15)26-19(29)7-14-10-24-28(3)12-14/h4-6,8-13,21H,7H2,1-3H3,(H,26,29)(H2,22,25,27)/t13-/m0/s1. The van der Waals surface area contributed by atoms with E-state index in [0.717, 1.165) is 23.0 Å². The SMILES string of the molecule is CNc1nc(N[C@@H](C)c2cccc(NC(=O)Cc3cnn(C)c3)c2)cnc1C=N. The molecule has 0 aliphatic heterocycles. The Kier molecular flexibility index (Phi) is 6.18. The zero-order chi connectivity index (χ0) is 20.8. The highest BCUT2D eigenvalue weighted by Crippen LogP contribution is 2.22. The van der Waals surface area contributed by atoms with Crippen molar-refractivity contribution >= 4 is 29.4 Å². The van der Waals surface area contributed by atoms with Gasteiger partial charge in [-0.05, 0) is 30.2 Å². The molecule has 1 aromatic carbocycles. The van der Waals surface area contributed by atoms with Crippen molar-refractivity contribution < 1.29 is 4.79 Å². The number of rotatable bonds is 8. The van der Waals surface area contributed by atoms with E-state index in [-0.39, 0.29) is 18.4 Å². The van der Waals surface area contributed by atoms with Crippen molar-refractivity contribution in [3.8, 4) is 0 Å². The number of nitrogens with one attached hydrogen (secondary N) is 4. The molecular formula is C20H24N8O. The summed E-state index contributed by atoms with van der Waals surface area (Å²) in [5.74, 6) is 1.04.